The smallest absolute Gasteiger partial charge is 0.312 e. The van der Waals surface area contributed by atoms with E-state index in [4.69, 9.17) is 4.74 Å². The summed E-state index contributed by atoms with van der Waals surface area (Å²) in [5.74, 6) is 0.179. The van der Waals surface area contributed by atoms with Crippen LogP contribution in [0.4, 0.5) is 0 Å². The van der Waals surface area contributed by atoms with Crippen LogP contribution in [0.2, 0.25) is 0 Å². The molecule has 0 heterocycles. The molecule has 0 saturated heterocycles. The molecular formula is C16H30O4. The summed E-state index contributed by atoms with van der Waals surface area (Å²) in [5, 5.41) is 0. The van der Waals surface area contributed by atoms with Gasteiger partial charge in [-0.3, -0.25) is 9.59 Å². The van der Waals surface area contributed by atoms with Crippen LogP contribution >= 0.6 is 0 Å². The summed E-state index contributed by atoms with van der Waals surface area (Å²) < 4.78 is 9.65. The first kappa shape index (κ1) is 18.9. The normalized spacial score (nSPS) is 11.8. The molecule has 0 fully saturated rings. The third-order valence-corrected chi connectivity index (χ3v) is 4.32. The summed E-state index contributed by atoms with van der Waals surface area (Å²) in [7, 11) is 2.86. The Labute approximate surface area is 123 Å². The fourth-order valence-electron chi connectivity index (χ4n) is 2.97. The van der Waals surface area contributed by atoms with Crippen molar-refractivity contribution in [1.29, 1.82) is 0 Å². The topological polar surface area (TPSA) is 52.6 Å². The Balaban J connectivity index is 4.52. The molecule has 0 saturated carbocycles. The quantitative estimate of drug-likeness (QED) is 0.480. The largest absolute Gasteiger partial charge is 0.469 e. The minimum atomic E-state index is -0.431. The molecule has 0 spiro atoms. The van der Waals surface area contributed by atoms with Gasteiger partial charge in [0.05, 0.1) is 19.6 Å². The van der Waals surface area contributed by atoms with Crippen LogP contribution in [0, 0.1) is 17.3 Å². The second kappa shape index (κ2) is 8.98. The van der Waals surface area contributed by atoms with Crippen LogP contribution in [0.25, 0.3) is 0 Å². The minimum absolute atomic E-state index is 0.115. The van der Waals surface area contributed by atoms with Crippen molar-refractivity contribution in [2.24, 2.45) is 17.3 Å². The van der Waals surface area contributed by atoms with Crippen LogP contribution in [0.15, 0.2) is 0 Å². The second-order valence-corrected chi connectivity index (χ2v) is 5.98. The fourth-order valence-corrected chi connectivity index (χ4v) is 2.97. The summed E-state index contributed by atoms with van der Waals surface area (Å²) in [4.78, 5) is 23.3. The van der Waals surface area contributed by atoms with Crippen molar-refractivity contribution < 1.29 is 19.1 Å². The number of carbonyl (C=O) groups is 2. The van der Waals surface area contributed by atoms with Gasteiger partial charge in [0.15, 0.2) is 0 Å². The molecule has 0 radical (unpaired) electrons. The van der Waals surface area contributed by atoms with Crippen molar-refractivity contribution in [2.45, 2.75) is 59.8 Å². The highest BCUT2D eigenvalue weighted by Gasteiger charge is 2.44. The summed E-state index contributed by atoms with van der Waals surface area (Å²) in [5.41, 5.74) is -0.431. The van der Waals surface area contributed by atoms with Gasteiger partial charge in [-0.2, -0.15) is 0 Å². The van der Waals surface area contributed by atoms with Crippen molar-refractivity contribution in [3.05, 3.63) is 0 Å². The molecule has 0 amide bonds. The highest BCUT2D eigenvalue weighted by Crippen LogP contribution is 2.42. The maximum Gasteiger partial charge on any atom is 0.312 e. The Morgan fingerprint density at radius 1 is 0.900 bits per heavy atom. The average molecular weight is 286 g/mol. The zero-order valence-corrected chi connectivity index (χ0v) is 13.8. The number of unbranched alkanes of at least 4 members (excludes halogenated alkanes) is 2. The maximum absolute atomic E-state index is 12.2. The molecule has 0 unspecified atom stereocenters. The van der Waals surface area contributed by atoms with Crippen LogP contribution in [-0.4, -0.2) is 26.2 Å². The SMILES string of the molecule is COC(=O)CCCCCC(C(=O)OC)(C(C)C)C(C)C. The van der Waals surface area contributed by atoms with E-state index in [1.54, 1.807) is 0 Å². The van der Waals surface area contributed by atoms with Gasteiger partial charge in [0.1, 0.15) is 0 Å². The lowest BCUT2D eigenvalue weighted by Gasteiger charge is -2.38. The van der Waals surface area contributed by atoms with Gasteiger partial charge in [0, 0.05) is 6.42 Å². The lowest BCUT2D eigenvalue weighted by atomic mass is 9.66. The molecule has 0 aromatic carbocycles. The fraction of sp³-hybridized carbons (Fsp3) is 0.875. The second-order valence-electron chi connectivity index (χ2n) is 5.98. The molecular weight excluding hydrogens is 256 g/mol. The van der Waals surface area contributed by atoms with Crippen molar-refractivity contribution >= 4 is 11.9 Å². The summed E-state index contributed by atoms with van der Waals surface area (Å²) in [6.45, 7) is 8.30. The van der Waals surface area contributed by atoms with Crippen LogP contribution in [0.3, 0.4) is 0 Å². The monoisotopic (exact) mass is 286 g/mol. The number of rotatable bonds is 9. The van der Waals surface area contributed by atoms with Gasteiger partial charge in [-0.15, -0.1) is 0 Å². The Hall–Kier alpha value is -1.06. The van der Waals surface area contributed by atoms with Crippen molar-refractivity contribution in [2.75, 3.05) is 14.2 Å². The first-order valence-electron chi connectivity index (χ1n) is 7.48. The molecule has 4 nitrogen and oxygen atoms in total. The first-order valence-corrected chi connectivity index (χ1v) is 7.48. The predicted molar refractivity (Wildman–Crippen MR) is 79.2 cm³/mol. The maximum atomic E-state index is 12.2. The van der Waals surface area contributed by atoms with Gasteiger partial charge < -0.3 is 9.47 Å². The molecule has 0 atom stereocenters. The van der Waals surface area contributed by atoms with Crippen molar-refractivity contribution in [3.8, 4) is 0 Å². The van der Waals surface area contributed by atoms with Crippen molar-refractivity contribution in [1.82, 2.24) is 0 Å². The number of methoxy groups -OCH3 is 2. The molecule has 118 valence electrons. The number of ether oxygens (including phenoxy) is 2. The Kier molecular flexibility index (Phi) is 8.51. The highest BCUT2D eigenvalue weighted by atomic mass is 16.5. The molecule has 0 aliphatic carbocycles. The summed E-state index contributed by atoms with van der Waals surface area (Å²) in [6.07, 6.45) is 3.90. The minimum Gasteiger partial charge on any atom is -0.469 e. The van der Waals surface area contributed by atoms with E-state index < -0.39 is 5.41 Å². The third-order valence-electron chi connectivity index (χ3n) is 4.32. The predicted octanol–water partition coefficient (Wildman–Crippen LogP) is 3.58. The molecule has 4 heteroatoms. The van der Waals surface area contributed by atoms with E-state index in [-0.39, 0.29) is 23.8 Å². The van der Waals surface area contributed by atoms with E-state index in [1.807, 2.05) is 0 Å². The van der Waals surface area contributed by atoms with E-state index >= 15 is 0 Å². The number of hydrogen-bond acceptors (Lipinski definition) is 4. The Morgan fingerprint density at radius 3 is 1.85 bits per heavy atom. The summed E-state index contributed by atoms with van der Waals surface area (Å²) in [6, 6.07) is 0. The Morgan fingerprint density at radius 2 is 1.45 bits per heavy atom. The molecule has 0 aliphatic heterocycles. The molecule has 0 N–H and O–H groups in total. The van der Waals surface area contributed by atoms with Crippen LogP contribution in [-0.2, 0) is 19.1 Å². The number of esters is 2. The van der Waals surface area contributed by atoms with Gasteiger partial charge in [0.25, 0.3) is 0 Å². The van der Waals surface area contributed by atoms with E-state index in [0.717, 1.165) is 25.7 Å². The van der Waals surface area contributed by atoms with E-state index in [2.05, 4.69) is 32.4 Å². The van der Waals surface area contributed by atoms with Gasteiger partial charge in [-0.05, 0) is 24.7 Å². The number of hydrogen-bond donors (Lipinski definition) is 0. The lowest BCUT2D eigenvalue weighted by molar-refractivity contribution is -0.160. The summed E-state index contributed by atoms with van der Waals surface area (Å²) >= 11 is 0. The van der Waals surface area contributed by atoms with Crippen molar-refractivity contribution in [3.63, 3.8) is 0 Å². The van der Waals surface area contributed by atoms with Gasteiger partial charge >= 0.3 is 11.9 Å². The molecule has 0 aromatic heterocycles. The van der Waals surface area contributed by atoms with Gasteiger partial charge in [0.2, 0.25) is 0 Å². The molecule has 0 bridgehead atoms. The zero-order valence-electron chi connectivity index (χ0n) is 13.8. The Bertz CT molecular complexity index is 300. The molecule has 20 heavy (non-hydrogen) atoms. The molecule has 0 aromatic rings. The van der Waals surface area contributed by atoms with E-state index in [0.29, 0.717) is 6.42 Å². The van der Waals surface area contributed by atoms with Gasteiger partial charge in [-0.1, -0.05) is 40.5 Å². The molecule has 0 aliphatic rings. The van der Waals surface area contributed by atoms with Gasteiger partial charge in [-0.25, -0.2) is 0 Å². The average Bonchev–Trinajstić information content (AvgIpc) is 2.40. The van der Waals surface area contributed by atoms with E-state index in [9.17, 15) is 9.59 Å². The first-order chi connectivity index (χ1) is 9.32. The third kappa shape index (κ3) is 4.80. The number of carbonyl (C=O) groups excluding carboxylic acids is 2. The molecule has 0 rings (SSSR count). The van der Waals surface area contributed by atoms with Crippen LogP contribution in [0.5, 0.6) is 0 Å². The van der Waals surface area contributed by atoms with E-state index in [1.165, 1.54) is 14.2 Å². The lowest BCUT2D eigenvalue weighted by Crippen LogP contribution is -2.42. The zero-order chi connectivity index (χ0) is 15.8. The van der Waals surface area contributed by atoms with Crippen LogP contribution in [0.1, 0.15) is 59.8 Å². The highest BCUT2D eigenvalue weighted by molar-refractivity contribution is 5.77. The standard InChI is InChI=1S/C16H30O4/c1-12(2)16(13(3)4,15(18)20-6)11-9-7-8-10-14(17)19-5/h12-13H,7-11H2,1-6H3. The van der Waals surface area contributed by atoms with Crippen LogP contribution < -0.4 is 0 Å².